The van der Waals surface area contributed by atoms with E-state index in [1.165, 1.54) is 29.3 Å². The van der Waals surface area contributed by atoms with Gasteiger partial charge in [0.2, 0.25) is 0 Å². The van der Waals surface area contributed by atoms with Crippen LogP contribution in [0.15, 0.2) is 49.1 Å². The van der Waals surface area contributed by atoms with Crippen LogP contribution in [0.5, 0.6) is 0 Å². The van der Waals surface area contributed by atoms with E-state index in [0.717, 1.165) is 24.7 Å². The molecule has 0 bridgehead atoms. The lowest BCUT2D eigenvalue weighted by Gasteiger charge is -2.10. The number of fused-ring (bicyclic) bond motifs is 1. The normalized spacial score (nSPS) is 15.0. The van der Waals surface area contributed by atoms with Crippen LogP contribution in [0.1, 0.15) is 24.1 Å². The van der Waals surface area contributed by atoms with Gasteiger partial charge in [-0.25, -0.2) is 4.98 Å². The molecule has 0 saturated heterocycles. The van der Waals surface area contributed by atoms with Crippen molar-refractivity contribution in [1.82, 2.24) is 14.1 Å². The minimum Gasteiger partial charge on any atom is -0.390 e. The Balaban J connectivity index is 1.70. The quantitative estimate of drug-likeness (QED) is 0.758. The highest BCUT2D eigenvalue weighted by atomic mass is 16.3. The minimum absolute atomic E-state index is 0.0968. The fourth-order valence-corrected chi connectivity index (χ4v) is 3.14. The van der Waals surface area contributed by atoms with Crippen molar-refractivity contribution < 1.29 is 5.11 Å². The Bertz CT molecular complexity index is 826. The molecule has 0 aliphatic heterocycles. The molecule has 23 heavy (non-hydrogen) atoms. The van der Waals surface area contributed by atoms with Gasteiger partial charge in [0, 0.05) is 36.6 Å². The lowest BCUT2D eigenvalue weighted by atomic mass is 10.1. The molecule has 0 unspecified atom stereocenters. The minimum atomic E-state index is 0.0968. The average molecular weight is 307 g/mol. The molecule has 0 radical (unpaired) electrons. The Kier molecular flexibility index (Phi) is 3.75. The van der Waals surface area contributed by atoms with Crippen molar-refractivity contribution in [2.24, 2.45) is 5.92 Å². The van der Waals surface area contributed by atoms with Crippen molar-refractivity contribution in [2.45, 2.75) is 32.5 Å². The predicted molar refractivity (Wildman–Crippen MR) is 91.8 cm³/mol. The molecule has 0 atom stereocenters. The van der Waals surface area contributed by atoms with Gasteiger partial charge in [0.05, 0.1) is 18.5 Å². The van der Waals surface area contributed by atoms with E-state index >= 15 is 0 Å². The summed E-state index contributed by atoms with van der Waals surface area (Å²) >= 11 is 0. The summed E-state index contributed by atoms with van der Waals surface area (Å²) in [4.78, 5) is 4.06. The topological polar surface area (TPSA) is 43.0 Å². The number of aliphatic hydroxyl groups excluding tert-OH is 1. The fourth-order valence-electron chi connectivity index (χ4n) is 3.14. The van der Waals surface area contributed by atoms with E-state index in [1.54, 1.807) is 6.20 Å². The van der Waals surface area contributed by atoms with Gasteiger partial charge >= 0.3 is 0 Å². The molecule has 1 saturated carbocycles. The van der Waals surface area contributed by atoms with Crippen LogP contribution in [0.25, 0.3) is 17.0 Å². The van der Waals surface area contributed by atoms with Crippen molar-refractivity contribution in [2.75, 3.05) is 0 Å². The van der Waals surface area contributed by atoms with E-state index in [1.807, 2.05) is 17.1 Å². The first-order valence-corrected chi connectivity index (χ1v) is 8.19. The Morgan fingerprint density at radius 2 is 2.22 bits per heavy atom. The van der Waals surface area contributed by atoms with Gasteiger partial charge in [0.25, 0.3) is 0 Å². The van der Waals surface area contributed by atoms with Crippen LogP contribution in [0.3, 0.4) is 0 Å². The van der Waals surface area contributed by atoms with Crippen molar-refractivity contribution in [3.05, 3.63) is 60.3 Å². The van der Waals surface area contributed by atoms with E-state index in [-0.39, 0.29) is 6.61 Å². The number of rotatable bonds is 6. The fraction of sp³-hybridized carbons (Fsp3) is 0.316. The van der Waals surface area contributed by atoms with Gasteiger partial charge in [-0.1, -0.05) is 30.4 Å². The number of hydrogen-bond acceptors (Lipinski definition) is 2. The van der Waals surface area contributed by atoms with E-state index in [4.69, 9.17) is 0 Å². The largest absolute Gasteiger partial charge is 0.390 e. The van der Waals surface area contributed by atoms with Gasteiger partial charge in [-0.2, -0.15) is 0 Å². The SMILES string of the molecule is OCc1cc2cccc(/C=C/Cn3ccnc3)c2n1CC1CC1. The Labute approximate surface area is 135 Å². The molecule has 1 N–H and O–H groups in total. The molecule has 1 fully saturated rings. The lowest BCUT2D eigenvalue weighted by Crippen LogP contribution is -2.05. The van der Waals surface area contributed by atoms with Crippen LogP contribution in [0.4, 0.5) is 0 Å². The van der Waals surface area contributed by atoms with Crippen LogP contribution in [0, 0.1) is 5.92 Å². The number of benzene rings is 1. The number of hydrogen-bond donors (Lipinski definition) is 1. The lowest BCUT2D eigenvalue weighted by molar-refractivity contribution is 0.270. The molecular formula is C19H21N3O. The highest BCUT2D eigenvalue weighted by Crippen LogP contribution is 2.34. The third-order valence-corrected chi connectivity index (χ3v) is 4.51. The molecule has 2 heterocycles. The third-order valence-electron chi connectivity index (χ3n) is 4.51. The van der Waals surface area contributed by atoms with Gasteiger partial charge in [0.15, 0.2) is 0 Å². The number of aromatic nitrogens is 3. The number of allylic oxidation sites excluding steroid dienone is 1. The molecule has 1 aliphatic rings. The molecule has 3 aromatic rings. The molecule has 0 spiro atoms. The van der Waals surface area contributed by atoms with Crippen molar-refractivity contribution in [3.63, 3.8) is 0 Å². The van der Waals surface area contributed by atoms with Crippen LogP contribution < -0.4 is 0 Å². The molecule has 4 heteroatoms. The first-order valence-electron chi connectivity index (χ1n) is 8.19. The van der Waals surface area contributed by atoms with Gasteiger partial charge in [-0.05, 0) is 30.4 Å². The summed E-state index contributed by atoms with van der Waals surface area (Å²) < 4.78 is 4.35. The molecule has 118 valence electrons. The van der Waals surface area contributed by atoms with E-state index in [0.29, 0.717) is 0 Å². The van der Waals surface area contributed by atoms with Gasteiger partial charge in [-0.3, -0.25) is 0 Å². The van der Waals surface area contributed by atoms with E-state index < -0.39 is 0 Å². The van der Waals surface area contributed by atoms with Gasteiger partial charge in [-0.15, -0.1) is 0 Å². The highest BCUT2D eigenvalue weighted by Gasteiger charge is 2.24. The molecule has 1 aliphatic carbocycles. The zero-order chi connectivity index (χ0) is 15.6. The summed E-state index contributed by atoms with van der Waals surface area (Å²) in [5.41, 5.74) is 3.47. The summed E-state index contributed by atoms with van der Waals surface area (Å²) in [6.45, 7) is 1.93. The van der Waals surface area contributed by atoms with E-state index in [9.17, 15) is 5.11 Å². The summed E-state index contributed by atoms with van der Waals surface area (Å²) in [5, 5.41) is 10.9. The average Bonchev–Trinajstić information content (AvgIpc) is 3.09. The standard InChI is InChI=1S/C19H21N3O/c23-13-18-11-17-4-1-3-16(5-2-9-21-10-8-20-14-21)19(17)22(18)12-15-6-7-15/h1-5,8,10-11,14-15,23H,6-7,9,12-13H2/b5-2+. The molecule has 4 nitrogen and oxygen atoms in total. The summed E-state index contributed by atoms with van der Waals surface area (Å²) in [6, 6.07) is 8.48. The number of imidazole rings is 1. The zero-order valence-corrected chi connectivity index (χ0v) is 13.1. The van der Waals surface area contributed by atoms with Crippen LogP contribution in [-0.2, 0) is 19.7 Å². The van der Waals surface area contributed by atoms with Gasteiger partial charge < -0.3 is 14.2 Å². The first-order chi connectivity index (χ1) is 11.3. The van der Waals surface area contributed by atoms with E-state index in [2.05, 4.69) is 46.0 Å². The highest BCUT2D eigenvalue weighted by molar-refractivity contribution is 5.89. The van der Waals surface area contributed by atoms with Gasteiger partial charge in [0.1, 0.15) is 0 Å². The maximum atomic E-state index is 9.70. The Hall–Kier alpha value is -2.33. The summed E-state index contributed by atoms with van der Waals surface area (Å²) in [7, 11) is 0. The summed E-state index contributed by atoms with van der Waals surface area (Å²) in [6.07, 6.45) is 12.5. The molecule has 0 amide bonds. The molecule has 2 aromatic heterocycles. The zero-order valence-electron chi connectivity index (χ0n) is 13.1. The van der Waals surface area contributed by atoms with Crippen molar-refractivity contribution in [3.8, 4) is 0 Å². The third kappa shape index (κ3) is 2.94. The molecule has 4 rings (SSSR count). The molecule has 1 aromatic carbocycles. The maximum absolute atomic E-state index is 9.70. The number of nitrogens with zero attached hydrogens (tertiary/aromatic N) is 3. The second-order valence-corrected chi connectivity index (χ2v) is 6.29. The first kappa shape index (κ1) is 14.3. The Morgan fingerprint density at radius 1 is 1.30 bits per heavy atom. The summed E-state index contributed by atoms with van der Waals surface area (Å²) in [5.74, 6) is 0.777. The maximum Gasteiger partial charge on any atom is 0.0948 e. The van der Waals surface area contributed by atoms with Crippen molar-refractivity contribution >= 4 is 17.0 Å². The second kappa shape index (κ2) is 6.05. The Morgan fingerprint density at radius 3 is 2.96 bits per heavy atom. The number of para-hydroxylation sites is 1. The predicted octanol–water partition coefficient (Wildman–Crippen LogP) is 3.45. The van der Waals surface area contributed by atoms with Crippen LogP contribution in [0.2, 0.25) is 0 Å². The number of aliphatic hydroxyl groups is 1. The van der Waals surface area contributed by atoms with Crippen molar-refractivity contribution in [1.29, 1.82) is 0 Å². The monoisotopic (exact) mass is 307 g/mol. The smallest absolute Gasteiger partial charge is 0.0948 e. The molecular weight excluding hydrogens is 286 g/mol. The van der Waals surface area contributed by atoms with Crippen LogP contribution >= 0.6 is 0 Å². The second-order valence-electron chi connectivity index (χ2n) is 6.29. The van der Waals surface area contributed by atoms with Crippen LogP contribution in [-0.4, -0.2) is 19.2 Å².